The SMILES string of the molecule is CC1=C(c2nc(-c3ccc(C)cc3)no2)C(c2ccc(F)cc2)NC(=S)N1Cc1ccccc1C. The first-order valence-electron chi connectivity index (χ1n) is 11.4. The van der Waals surface area contributed by atoms with Crippen LogP contribution >= 0.6 is 12.2 Å². The molecule has 0 fully saturated rings. The van der Waals surface area contributed by atoms with Crippen molar-refractivity contribution in [1.29, 1.82) is 0 Å². The Morgan fingerprint density at radius 2 is 1.69 bits per heavy atom. The molecule has 4 aromatic rings. The Hall–Kier alpha value is -3.84. The summed E-state index contributed by atoms with van der Waals surface area (Å²) in [6.45, 7) is 6.73. The van der Waals surface area contributed by atoms with Crippen LogP contribution < -0.4 is 5.32 Å². The number of halogens is 1. The van der Waals surface area contributed by atoms with Crippen LogP contribution in [-0.4, -0.2) is 20.2 Å². The molecule has 1 atom stereocenters. The zero-order chi connectivity index (χ0) is 24.5. The maximum Gasteiger partial charge on any atom is 0.258 e. The summed E-state index contributed by atoms with van der Waals surface area (Å²) >= 11 is 5.79. The average Bonchev–Trinajstić information content (AvgIpc) is 3.33. The summed E-state index contributed by atoms with van der Waals surface area (Å²) in [5.41, 5.74) is 6.96. The lowest BCUT2D eigenvalue weighted by Crippen LogP contribution is -2.45. The van der Waals surface area contributed by atoms with Gasteiger partial charge in [-0.15, -0.1) is 0 Å². The van der Waals surface area contributed by atoms with Gasteiger partial charge in [-0.25, -0.2) is 4.39 Å². The quantitative estimate of drug-likeness (QED) is 0.333. The van der Waals surface area contributed by atoms with Crippen molar-refractivity contribution in [3.8, 4) is 11.4 Å². The fraction of sp³-hybridized carbons (Fsp3) is 0.179. The van der Waals surface area contributed by atoms with Gasteiger partial charge in [0, 0.05) is 11.3 Å². The van der Waals surface area contributed by atoms with Crippen LogP contribution in [0.4, 0.5) is 4.39 Å². The minimum absolute atomic E-state index is 0.296. The highest BCUT2D eigenvalue weighted by Crippen LogP contribution is 2.38. The number of thiocarbonyl (C=S) groups is 1. The Labute approximate surface area is 209 Å². The highest BCUT2D eigenvalue weighted by molar-refractivity contribution is 7.80. The van der Waals surface area contributed by atoms with E-state index in [1.165, 1.54) is 23.3 Å². The molecule has 0 saturated heterocycles. The van der Waals surface area contributed by atoms with E-state index >= 15 is 0 Å². The van der Waals surface area contributed by atoms with Crippen LogP contribution in [0.1, 0.15) is 41.1 Å². The first kappa shape index (κ1) is 22.9. The molecule has 1 N–H and O–H groups in total. The fourth-order valence-electron chi connectivity index (χ4n) is 4.26. The third kappa shape index (κ3) is 4.59. The van der Waals surface area contributed by atoms with Crippen molar-refractivity contribution in [2.24, 2.45) is 0 Å². The van der Waals surface area contributed by atoms with E-state index in [0.29, 0.717) is 23.4 Å². The first-order chi connectivity index (χ1) is 16.9. The second-order valence-electron chi connectivity index (χ2n) is 8.73. The average molecular weight is 485 g/mol. The van der Waals surface area contributed by atoms with Crippen molar-refractivity contribution in [3.63, 3.8) is 0 Å². The van der Waals surface area contributed by atoms with Gasteiger partial charge in [-0.3, -0.25) is 0 Å². The molecule has 5 rings (SSSR count). The molecule has 1 aliphatic heterocycles. The fourth-order valence-corrected chi connectivity index (χ4v) is 4.58. The number of benzene rings is 3. The van der Waals surface area contributed by atoms with Crippen molar-refractivity contribution >= 4 is 22.9 Å². The maximum absolute atomic E-state index is 13.7. The summed E-state index contributed by atoms with van der Waals surface area (Å²) in [6.07, 6.45) is 0. The monoisotopic (exact) mass is 484 g/mol. The lowest BCUT2D eigenvalue weighted by Gasteiger charge is -2.37. The second kappa shape index (κ2) is 9.43. The van der Waals surface area contributed by atoms with Gasteiger partial charge >= 0.3 is 0 Å². The van der Waals surface area contributed by atoms with Gasteiger partial charge in [0.1, 0.15) is 5.82 Å². The summed E-state index contributed by atoms with van der Waals surface area (Å²) in [4.78, 5) is 6.79. The molecule has 2 heterocycles. The minimum Gasteiger partial charge on any atom is -0.351 e. The third-order valence-electron chi connectivity index (χ3n) is 6.36. The van der Waals surface area contributed by atoms with Gasteiger partial charge in [-0.05, 0) is 61.8 Å². The zero-order valence-electron chi connectivity index (χ0n) is 19.7. The molecule has 1 aliphatic rings. The normalized spacial score (nSPS) is 15.9. The zero-order valence-corrected chi connectivity index (χ0v) is 20.6. The third-order valence-corrected chi connectivity index (χ3v) is 6.69. The van der Waals surface area contributed by atoms with E-state index in [2.05, 4.69) is 29.5 Å². The van der Waals surface area contributed by atoms with E-state index in [1.54, 1.807) is 12.1 Å². The number of aromatic nitrogens is 2. The number of nitrogens with zero attached hydrogens (tertiary/aromatic N) is 3. The molecule has 0 bridgehead atoms. The first-order valence-corrected chi connectivity index (χ1v) is 11.8. The molecular weight excluding hydrogens is 459 g/mol. The molecule has 7 heteroatoms. The standard InChI is InChI=1S/C28H25FN4OS/c1-17-8-10-21(11-9-17)26-31-27(34-32-26)24-19(3)33(16-22-7-5-4-6-18(22)2)28(35)30-25(24)20-12-14-23(29)15-13-20/h4-15,25H,16H2,1-3H3,(H,30,35). The van der Waals surface area contributed by atoms with Crippen LogP contribution in [0.5, 0.6) is 0 Å². The van der Waals surface area contributed by atoms with Crippen molar-refractivity contribution in [2.45, 2.75) is 33.4 Å². The summed E-state index contributed by atoms with van der Waals surface area (Å²) in [6, 6.07) is 22.2. The predicted molar refractivity (Wildman–Crippen MR) is 139 cm³/mol. The summed E-state index contributed by atoms with van der Waals surface area (Å²) < 4.78 is 19.5. The van der Waals surface area contributed by atoms with Crippen LogP contribution in [0.25, 0.3) is 17.0 Å². The van der Waals surface area contributed by atoms with Gasteiger partial charge < -0.3 is 14.7 Å². The van der Waals surface area contributed by atoms with E-state index in [0.717, 1.165) is 28.0 Å². The highest BCUT2D eigenvalue weighted by atomic mass is 32.1. The summed E-state index contributed by atoms with van der Waals surface area (Å²) in [7, 11) is 0. The van der Waals surface area contributed by atoms with E-state index in [1.807, 2.05) is 55.1 Å². The molecular formula is C28H25FN4OS. The number of aryl methyl sites for hydroxylation is 2. The van der Waals surface area contributed by atoms with Crippen molar-refractivity contribution in [1.82, 2.24) is 20.4 Å². The minimum atomic E-state index is -0.359. The van der Waals surface area contributed by atoms with E-state index in [9.17, 15) is 4.39 Å². The molecule has 0 aliphatic carbocycles. The molecule has 1 unspecified atom stereocenters. The lowest BCUT2D eigenvalue weighted by atomic mass is 9.94. The predicted octanol–water partition coefficient (Wildman–Crippen LogP) is 6.36. The molecule has 3 aromatic carbocycles. The van der Waals surface area contributed by atoms with E-state index < -0.39 is 0 Å². The number of hydrogen-bond donors (Lipinski definition) is 1. The number of nitrogens with one attached hydrogen (secondary N) is 1. The number of rotatable bonds is 5. The van der Waals surface area contributed by atoms with Crippen LogP contribution in [0.3, 0.4) is 0 Å². The van der Waals surface area contributed by atoms with Gasteiger partial charge in [0.2, 0.25) is 5.82 Å². The molecule has 0 amide bonds. The molecule has 5 nitrogen and oxygen atoms in total. The Bertz CT molecular complexity index is 1410. The van der Waals surface area contributed by atoms with Gasteiger partial charge in [0.15, 0.2) is 5.11 Å². The van der Waals surface area contributed by atoms with Crippen LogP contribution in [0.2, 0.25) is 0 Å². The summed E-state index contributed by atoms with van der Waals surface area (Å²) in [5, 5.41) is 8.26. The Balaban J connectivity index is 1.60. The Morgan fingerprint density at radius 1 is 0.971 bits per heavy atom. The van der Waals surface area contributed by atoms with Gasteiger partial charge in [-0.2, -0.15) is 4.98 Å². The number of hydrogen-bond acceptors (Lipinski definition) is 4. The molecule has 0 radical (unpaired) electrons. The van der Waals surface area contributed by atoms with Gasteiger partial charge in [0.05, 0.1) is 18.2 Å². The number of allylic oxidation sites excluding steroid dienone is 1. The van der Waals surface area contributed by atoms with E-state index in [-0.39, 0.29) is 11.9 Å². The molecule has 35 heavy (non-hydrogen) atoms. The summed E-state index contributed by atoms with van der Waals surface area (Å²) in [5.74, 6) is 0.615. The van der Waals surface area contributed by atoms with Crippen LogP contribution in [-0.2, 0) is 6.54 Å². The maximum atomic E-state index is 13.7. The van der Waals surface area contributed by atoms with Crippen molar-refractivity contribution in [2.75, 3.05) is 0 Å². The molecule has 1 aromatic heterocycles. The Morgan fingerprint density at radius 3 is 2.40 bits per heavy atom. The van der Waals surface area contributed by atoms with Crippen molar-refractivity contribution in [3.05, 3.63) is 112 Å². The highest BCUT2D eigenvalue weighted by Gasteiger charge is 2.34. The van der Waals surface area contributed by atoms with Crippen LogP contribution in [0, 0.1) is 19.7 Å². The van der Waals surface area contributed by atoms with E-state index in [4.69, 9.17) is 21.7 Å². The van der Waals surface area contributed by atoms with Gasteiger partial charge in [-0.1, -0.05) is 71.4 Å². The lowest BCUT2D eigenvalue weighted by molar-refractivity contribution is 0.396. The van der Waals surface area contributed by atoms with Crippen LogP contribution in [0.15, 0.2) is 83.0 Å². The largest absolute Gasteiger partial charge is 0.351 e. The molecule has 0 spiro atoms. The van der Waals surface area contributed by atoms with Crippen molar-refractivity contribution < 1.29 is 8.91 Å². The smallest absolute Gasteiger partial charge is 0.258 e. The topological polar surface area (TPSA) is 54.2 Å². The molecule has 0 saturated carbocycles. The Kier molecular flexibility index (Phi) is 6.17. The molecule has 176 valence electrons. The second-order valence-corrected chi connectivity index (χ2v) is 9.12. The van der Waals surface area contributed by atoms with Gasteiger partial charge in [0.25, 0.3) is 5.89 Å².